The summed E-state index contributed by atoms with van der Waals surface area (Å²) < 4.78 is 7.61. The number of nitrogens with zero attached hydrogens (tertiary/aromatic N) is 2. The number of benzene rings is 2. The van der Waals surface area contributed by atoms with E-state index in [1.165, 1.54) is 43.1 Å². The highest BCUT2D eigenvalue weighted by Gasteiger charge is 2.26. The molecule has 2 aromatic carbocycles. The monoisotopic (exact) mass is 492 g/mol. The number of thioether (sulfide) groups is 1. The summed E-state index contributed by atoms with van der Waals surface area (Å²) >= 11 is 1.50. The van der Waals surface area contributed by atoms with Crippen LogP contribution in [-0.4, -0.2) is 33.7 Å². The van der Waals surface area contributed by atoms with E-state index in [4.69, 9.17) is 9.72 Å². The molecule has 8 heteroatoms. The molecule has 35 heavy (non-hydrogen) atoms. The van der Waals surface area contributed by atoms with E-state index in [0.717, 1.165) is 10.9 Å². The van der Waals surface area contributed by atoms with Crippen molar-refractivity contribution in [2.24, 2.45) is 0 Å². The van der Waals surface area contributed by atoms with Crippen LogP contribution in [0.2, 0.25) is 0 Å². The van der Waals surface area contributed by atoms with Crippen LogP contribution in [0.5, 0.6) is 5.75 Å². The molecule has 0 spiro atoms. The number of para-hydroxylation sites is 2. The third-order valence-corrected chi connectivity index (χ3v) is 7.53. The Hall–Kier alpha value is -3.26. The number of anilines is 2. The van der Waals surface area contributed by atoms with Crippen molar-refractivity contribution in [1.29, 1.82) is 0 Å². The van der Waals surface area contributed by atoms with Crippen LogP contribution in [0.3, 0.4) is 0 Å². The first-order chi connectivity index (χ1) is 16.9. The third kappa shape index (κ3) is 5.70. The molecule has 1 fully saturated rings. The number of rotatable bonds is 8. The number of carbonyl (C=O) groups excluding carboxylic acids is 2. The zero-order valence-corrected chi connectivity index (χ0v) is 21.4. The Bertz CT molecular complexity index is 1200. The topological polar surface area (TPSA) is 85.2 Å². The maximum Gasteiger partial charge on any atom is 0.255 e. The zero-order chi connectivity index (χ0) is 24.9. The van der Waals surface area contributed by atoms with Gasteiger partial charge in [0, 0.05) is 23.0 Å². The molecular weight excluding hydrogens is 460 g/mol. The Labute approximate surface area is 210 Å². The van der Waals surface area contributed by atoms with Gasteiger partial charge in [0.15, 0.2) is 5.16 Å². The lowest BCUT2D eigenvalue weighted by Gasteiger charge is -2.18. The molecule has 2 amide bonds. The van der Waals surface area contributed by atoms with Gasteiger partial charge in [-0.25, -0.2) is 4.98 Å². The lowest BCUT2D eigenvalue weighted by Crippen LogP contribution is -2.23. The Morgan fingerprint density at radius 2 is 1.74 bits per heavy atom. The van der Waals surface area contributed by atoms with Gasteiger partial charge in [0.25, 0.3) is 5.91 Å². The van der Waals surface area contributed by atoms with Crippen molar-refractivity contribution in [3.8, 4) is 5.75 Å². The molecule has 1 saturated carbocycles. The van der Waals surface area contributed by atoms with E-state index in [9.17, 15) is 9.59 Å². The molecule has 0 radical (unpaired) electrons. The molecule has 1 aromatic heterocycles. The van der Waals surface area contributed by atoms with Crippen LogP contribution in [0.25, 0.3) is 0 Å². The van der Waals surface area contributed by atoms with Gasteiger partial charge in [-0.15, -0.1) is 0 Å². The number of carbonyl (C=O) groups is 2. The van der Waals surface area contributed by atoms with Crippen LogP contribution in [-0.2, 0) is 4.79 Å². The summed E-state index contributed by atoms with van der Waals surface area (Å²) in [5, 5.41) is 6.41. The van der Waals surface area contributed by atoms with Crippen LogP contribution >= 0.6 is 11.8 Å². The van der Waals surface area contributed by atoms with Gasteiger partial charge < -0.3 is 19.9 Å². The van der Waals surface area contributed by atoms with Crippen molar-refractivity contribution in [2.75, 3.05) is 17.7 Å². The van der Waals surface area contributed by atoms with Gasteiger partial charge in [-0.2, -0.15) is 0 Å². The van der Waals surface area contributed by atoms with Crippen molar-refractivity contribution in [2.45, 2.75) is 62.9 Å². The highest BCUT2D eigenvalue weighted by molar-refractivity contribution is 8.00. The summed E-state index contributed by atoms with van der Waals surface area (Å²) in [4.78, 5) is 30.3. The molecule has 1 atom stereocenters. The zero-order valence-electron chi connectivity index (χ0n) is 20.6. The minimum Gasteiger partial charge on any atom is -0.495 e. The van der Waals surface area contributed by atoms with Crippen molar-refractivity contribution < 1.29 is 14.3 Å². The normalized spacial score (nSPS) is 14.5. The number of aromatic nitrogens is 2. The Morgan fingerprint density at radius 3 is 2.43 bits per heavy atom. The summed E-state index contributed by atoms with van der Waals surface area (Å²) in [6.45, 7) is 6.04. The highest BCUT2D eigenvalue weighted by Crippen LogP contribution is 2.36. The van der Waals surface area contributed by atoms with Crippen LogP contribution in [0.1, 0.15) is 60.4 Å². The molecule has 1 aliphatic carbocycles. The average Bonchev–Trinajstić information content (AvgIpc) is 3.47. The van der Waals surface area contributed by atoms with Crippen LogP contribution in [0.15, 0.2) is 53.7 Å². The van der Waals surface area contributed by atoms with Crippen molar-refractivity contribution in [3.63, 3.8) is 0 Å². The second kappa shape index (κ2) is 11.0. The molecule has 2 N–H and O–H groups in total. The van der Waals surface area contributed by atoms with E-state index in [2.05, 4.69) is 22.1 Å². The Balaban J connectivity index is 1.38. The molecule has 3 aromatic rings. The van der Waals surface area contributed by atoms with Gasteiger partial charge in [-0.1, -0.05) is 36.7 Å². The van der Waals surface area contributed by atoms with E-state index in [1.54, 1.807) is 43.5 Å². The second-order valence-corrected chi connectivity index (χ2v) is 10.2. The fourth-order valence-electron chi connectivity index (χ4n) is 4.37. The van der Waals surface area contributed by atoms with Gasteiger partial charge in [-0.05, 0) is 70.0 Å². The molecule has 0 aliphatic heterocycles. The largest absolute Gasteiger partial charge is 0.495 e. The number of ether oxygens (including phenoxy) is 1. The molecule has 0 unspecified atom stereocenters. The molecule has 1 heterocycles. The summed E-state index contributed by atoms with van der Waals surface area (Å²) in [6.07, 6.45) is 4.83. The Morgan fingerprint density at radius 1 is 1.06 bits per heavy atom. The maximum absolute atomic E-state index is 12.9. The third-order valence-electron chi connectivity index (χ3n) is 6.47. The van der Waals surface area contributed by atoms with Crippen molar-refractivity contribution in [3.05, 3.63) is 65.5 Å². The average molecular weight is 493 g/mol. The summed E-state index contributed by atoms with van der Waals surface area (Å²) in [5.41, 5.74) is 3.94. The van der Waals surface area contributed by atoms with E-state index >= 15 is 0 Å². The van der Waals surface area contributed by atoms with Crippen LogP contribution < -0.4 is 15.4 Å². The van der Waals surface area contributed by atoms with Crippen molar-refractivity contribution in [1.82, 2.24) is 9.55 Å². The number of aryl methyl sites for hydroxylation is 1. The quantitative estimate of drug-likeness (QED) is 0.377. The SMILES string of the molecule is COc1ccccc1NC(=O)c1ccc(NC(=O)[C@@H](C)Sc2nc(C)c(C)n2C2CCCC2)cc1. The number of imidazole rings is 1. The van der Waals surface area contributed by atoms with Gasteiger partial charge in [0.1, 0.15) is 5.75 Å². The second-order valence-electron chi connectivity index (χ2n) is 8.85. The minimum atomic E-state index is -0.315. The molecule has 0 saturated heterocycles. The highest BCUT2D eigenvalue weighted by atomic mass is 32.2. The summed E-state index contributed by atoms with van der Waals surface area (Å²) in [5.74, 6) is 0.244. The number of hydrogen-bond donors (Lipinski definition) is 2. The number of hydrogen-bond acceptors (Lipinski definition) is 5. The predicted molar refractivity (Wildman–Crippen MR) is 141 cm³/mol. The van der Waals surface area contributed by atoms with Gasteiger partial charge >= 0.3 is 0 Å². The smallest absolute Gasteiger partial charge is 0.255 e. The maximum atomic E-state index is 12.9. The van der Waals surface area contributed by atoms with Gasteiger partial charge in [0.05, 0.1) is 23.7 Å². The first-order valence-electron chi connectivity index (χ1n) is 11.9. The molecule has 184 valence electrons. The summed E-state index contributed by atoms with van der Waals surface area (Å²) in [7, 11) is 1.56. The van der Waals surface area contributed by atoms with E-state index < -0.39 is 0 Å². The van der Waals surface area contributed by atoms with E-state index in [0.29, 0.717) is 28.7 Å². The fraction of sp³-hybridized carbons (Fsp3) is 0.370. The molecule has 7 nitrogen and oxygen atoms in total. The molecule has 4 rings (SSSR count). The Kier molecular flexibility index (Phi) is 7.80. The van der Waals surface area contributed by atoms with E-state index in [-0.39, 0.29) is 17.1 Å². The first-order valence-corrected chi connectivity index (χ1v) is 12.8. The first kappa shape index (κ1) is 24.9. The number of nitrogens with one attached hydrogen (secondary N) is 2. The number of methoxy groups -OCH3 is 1. The lowest BCUT2D eigenvalue weighted by molar-refractivity contribution is -0.115. The standard InChI is InChI=1S/C27H32N4O3S/c1-17-18(2)31(22-9-5-6-10-22)27(28-17)35-19(3)25(32)29-21-15-13-20(14-16-21)26(33)30-23-11-7-8-12-24(23)34-4/h7-8,11-16,19,22H,5-6,9-10H2,1-4H3,(H,29,32)(H,30,33)/t19-/m1/s1. The van der Waals surface area contributed by atoms with Crippen LogP contribution in [0, 0.1) is 13.8 Å². The van der Waals surface area contributed by atoms with Crippen LogP contribution in [0.4, 0.5) is 11.4 Å². The number of amides is 2. The lowest BCUT2D eigenvalue weighted by atomic mass is 10.2. The fourth-order valence-corrected chi connectivity index (χ4v) is 5.45. The predicted octanol–water partition coefficient (Wildman–Crippen LogP) is 6.00. The van der Waals surface area contributed by atoms with E-state index in [1.807, 2.05) is 26.0 Å². The molecular formula is C27H32N4O3S. The van der Waals surface area contributed by atoms with Gasteiger partial charge in [-0.3, -0.25) is 9.59 Å². The minimum absolute atomic E-state index is 0.0995. The van der Waals surface area contributed by atoms with Gasteiger partial charge in [0.2, 0.25) is 5.91 Å². The van der Waals surface area contributed by atoms with Crippen molar-refractivity contribution >= 4 is 35.0 Å². The molecule has 1 aliphatic rings. The summed E-state index contributed by atoms with van der Waals surface area (Å²) in [6, 6.07) is 14.6. The molecule has 0 bridgehead atoms.